The van der Waals surface area contributed by atoms with Crippen LogP contribution in [-0.2, 0) is 4.74 Å². The van der Waals surface area contributed by atoms with E-state index in [2.05, 4.69) is 26.6 Å². The Morgan fingerprint density at radius 1 is 1.39 bits per heavy atom. The summed E-state index contributed by atoms with van der Waals surface area (Å²) in [6, 6.07) is 4.95. The van der Waals surface area contributed by atoms with Crippen LogP contribution in [-0.4, -0.2) is 38.3 Å². The highest BCUT2D eigenvalue weighted by molar-refractivity contribution is 9.10. The molecular weight excluding hydrogens is 302 g/mol. The van der Waals surface area contributed by atoms with E-state index in [0.717, 1.165) is 13.1 Å². The van der Waals surface area contributed by atoms with Gasteiger partial charge >= 0.3 is 0 Å². The quantitative estimate of drug-likeness (QED) is 0.436. The first-order valence-corrected chi connectivity index (χ1v) is 6.32. The molecule has 100 valence electrons. The van der Waals surface area contributed by atoms with Crippen molar-refractivity contribution in [1.82, 2.24) is 5.32 Å². The van der Waals surface area contributed by atoms with E-state index in [-0.39, 0.29) is 5.69 Å². The predicted octanol–water partition coefficient (Wildman–Crippen LogP) is 2.01. The standard InChI is InChI=1S/C11H16BrN3O3/c1-18-7-6-13-4-5-14-10-3-2-9(12)8-11(10)15(16)17/h2-3,8,13-14H,4-7H2,1H3. The molecule has 1 aromatic carbocycles. The molecule has 0 radical (unpaired) electrons. The van der Waals surface area contributed by atoms with Gasteiger partial charge in [-0.3, -0.25) is 10.1 Å². The number of ether oxygens (including phenoxy) is 1. The fourth-order valence-electron chi connectivity index (χ4n) is 1.39. The first-order valence-electron chi connectivity index (χ1n) is 5.52. The minimum atomic E-state index is -0.397. The van der Waals surface area contributed by atoms with Gasteiger partial charge in [0.15, 0.2) is 0 Å². The zero-order valence-electron chi connectivity index (χ0n) is 10.1. The molecule has 0 fully saturated rings. The maximum absolute atomic E-state index is 10.9. The number of anilines is 1. The molecule has 0 aromatic heterocycles. The minimum Gasteiger partial charge on any atom is -0.383 e. The van der Waals surface area contributed by atoms with Crippen LogP contribution in [0.25, 0.3) is 0 Å². The van der Waals surface area contributed by atoms with Gasteiger partial charge in [-0.1, -0.05) is 15.9 Å². The van der Waals surface area contributed by atoms with Gasteiger partial charge in [0.25, 0.3) is 5.69 Å². The molecule has 0 spiro atoms. The van der Waals surface area contributed by atoms with Crippen molar-refractivity contribution in [3.8, 4) is 0 Å². The molecule has 7 heteroatoms. The van der Waals surface area contributed by atoms with E-state index < -0.39 is 4.92 Å². The second kappa shape index (κ2) is 8.02. The van der Waals surface area contributed by atoms with Crippen LogP contribution in [0, 0.1) is 10.1 Å². The summed E-state index contributed by atoms with van der Waals surface area (Å²) >= 11 is 3.22. The number of nitrogens with zero attached hydrogens (tertiary/aromatic N) is 1. The van der Waals surface area contributed by atoms with E-state index in [4.69, 9.17) is 4.74 Å². The van der Waals surface area contributed by atoms with E-state index in [1.165, 1.54) is 6.07 Å². The lowest BCUT2D eigenvalue weighted by atomic mass is 10.2. The number of hydrogen-bond acceptors (Lipinski definition) is 5. The lowest BCUT2D eigenvalue weighted by Crippen LogP contribution is -2.25. The van der Waals surface area contributed by atoms with Crippen LogP contribution in [0.5, 0.6) is 0 Å². The lowest BCUT2D eigenvalue weighted by molar-refractivity contribution is -0.384. The van der Waals surface area contributed by atoms with Crippen molar-refractivity contribution >= 4 is 27.3 Å². The summed E-state index contributed by atoms with van der Waals surface area (Å²) in [5.74, 6) is 0. The Morgan fingerprint density at radius 3 is 2.83 bits per heavy atom. The molecule has 18 heavy (non-hydrogen) atoms. The van der Waals surface area contributed by atoms with Crippen LogP contribution in [0.2, 0.25) is 0 Å². The van der Waals surface area contributed by atoms with Crippen molar-refractivity contribution < 1.29 is 9.66 Å². The van der Waals surface area contributed by atoms with Gasteiger partial charge in [-0.15, -0.1) is 0 Å². The van der Waals surface area contributed by atoms with E-state index in [9.17, 15) is 10.1 Å². The highest BCUT2D eigenvalue weighted by atomic mass is 79.9. The van der Waals surface area contributed by atoms with Gasteiger partial charge in [0.05, 0.1) is 11.5 Å². The average Bonchev–Trinajstić information content (AvgIpc) is 2.35. The topological polar surface area (TPSA) is 76.4 Å². The molecule has 1 rings (SSSR count). The molecule has 0 bridgehead atoms. The third-order valence-electron chi connectivity index (χ3n) is 2.26. The molecule has 0 atom stereocenters. The third-order valence-corrected chi connectivity index (χ3v) is 2.75. The Bertz CT molecular complexity index is 401. The minimum absolute atomic E-state index is 0.0706. The van der Waals surface area contributed by atoms with Crippen molar-refractivity contribution in [2.45, 2.75) is 0 Å². The molecular formula is C11H16BrN3O3. The molecule has 0 saturated heterocycles. The second-order valence-electron chi connectivity index (χ2n) is 3.59. The molecule has 1 aromatic rings. The Kier molecular flexibility index (Phi) is 6.63. The Labute approximate surface area is 114 Å². The zero-order valence-corrected chi connectivity index (χ0v) is 11.7. The molecule has 0 unspecified atom stereocenters. The number of rotatable bonds is 8. The van der Waals surface area contributed by atoms with Crippen LogP contribution < -0.4 is 10.6 Å². The molecule has 0 aliphatic heterocycles. The summed E-state index contributed by atoms with van der Waals surface area (Å²) in [5.41, 5.74) is 0.595. The summed E-state index contributed by atoms with van der Waals surface area (Å²) in [6.07, 6.45) is 0. The summed E-state index contributed by atoms with van der Waals surface area (Å²) in [5, 5.41) is 17.0. The number of benzene rings is 1. The van der Waals surface area contributed by atoms with E-state index in [1.807, 2.05) is 0 Å². The first kappa shape index (κ1) is 14.9. The molecule has 6 nitrogen and oxygen atoms in total. The van der Waals surface area contributed by atoms with Gasteiger partial charge < -0.3 is 15.4 Å². The summed E-state index contributed by atoms with van der Waals surface area (Å²) in [7, 11) is 1.64. The first-order chi connectivity index (χ1) is 8.65. The van der Waals surface area contributed by atoms with Gasteiger partial charge in [-0.25, -0.2) is 0 Å². The number of hydrogen-bond donors (Lipinski definition) is 2. The second-order valence-corrected chi connectivity index (χ2v) is 4.50. The van der Waals surface area contributed by atoms with Crippen molar-refractivity contribution in [3.05, 3.63) is 32.8 Å². The van der Waals surface area contributed by atoms with Crippen molar-refractivity contribution in [2.24, 2.45) is 0 Å². The van der Waals surface area contributed by atoms with Crippen LogP contribution in [0.4, 0.5) is 11.4 Å². The van der Waals surface area contributed by atoms with E-state index >= 15 is 0 Å². The number of nitrogens with one attached hydrogen (secondary N) is 2. The van der Waals surface area contributed by atoms with Gasteiger partial charge in [0, 0.05) is 37.3 Å². The monoisotopic (exact) mass is 317 g/mol. The maximum Gasteiger partial charge on any atom is 0.293 e. The molecule has 0 heterocycles. The van der Waals surface area contributed by atoms with Crippen molar-refractivity contribution in [3.63, 3.8) is 0 Å². The van der Waals surface area contributed by atoms with Gasteiger partial charge in [0.2, 0.25) is 0 Å². The Balaban J connectivity index is 2.44. The molecule has 0 aliphatic carbocycles. The average molecular weight is 318 g/mol. The number of nitro groups is 1. The van der Waals surface area contributed by atoms with Crippen LogP contribution >= 0.6 is 15.9 Å². The van der Waals surface area contributed by atoms with Gasteiger partial charge in [-0.05, 0) is 12.1 Å². The zero-order chi connectivity index (χ0) is 13.4. The Morgan fingerprint density at radius 2 is 2.17 bits per heavy atom. The van der Waals surface area contributed by atoms with E-state index in [0.29, 0.717) is 23.3 Å². The van der Waals surface area contributed by atoms with Crippen LogP contribution in [0.3, 0.4) is 0 Å². The van der Waals surface area contributed by atoms with Gasteiger partial charge in [0.1, 0.15) is 5.69 Å². The van der Waals surface area contributed by atoms with Crippen LogP contribution in [0.1, 0.15) is 0 Å². The number of halogens is 1. The van der Waals surface area contributed by atoms with Crippen molar-refractivity contribution in [2.75, 3.05) is 38.7 Å². The van der Waals surface area contributed by atoms with Crippen LogP contribution in [0.15, 0.2) is 22.7 Å². The molecule has 0 amide bonds. The normalized spacial score (nSPS) is 10.3. The predicted molar refractivity (Wildman–Crippen MR) is 74.0 cm³/mol. The highest BCUT2D eigenvalue weighted by Gasteiger charge is 2.13. The molecule has 2 N–H and O–H groups in total. The SMILES string of the molecule is COCCNCCNc1ccc(Br)cc1[N+](=O)[O-]. The molecule has 0 aliphatic rings. The van der Waals surface area contributed by atoms with Gasteiger partial charge in [-0.2, -0.15) is 0 Å². The summed E-state index contributed by atoms with van der Waals surface area (Å²) in [6.45, 7) is 2.75. The molecule has 0 saturated carbocycles. The smallest absolute Gasteiger partial charge is 0.293 e. The van der Waals surface area contributed by atoms with E-state index in [1.54, 1.807) is 19.2 Å². The Hall–Kier alpha value is -1.18. The fraction of sp³-hybridized carbons (Fsp3) is 0.455. The largest absolute Gasteiger partial charge is 0.383 e. The summed E-state index contributed by atoms with van der Waals surface area (Å²) in [4.78, 5) is 10.5. The fourth-order valence-corrected chi connectivity index (χ4v) is 1.74. The number of methoxy groups -OCH3 is 1. The van der Waals surface area contributed by atoms with Crippen molar-refractivity contribution in [1.29, 1.82) is 0 Å². The highest BCUT2D eigenvalue weighted by Crippen LogP contribution is 2.27. The maximum atomic E-state index is 10.9. The number of nitro benzene ring substituents is 1. The third kappa shape index (κ3) is 4.99. The lowest BCUT2D eigenvalue weighted by Gasteiger charge is -2.08. The summed E-state index contributed by atoms with van der Waals surface area (Å²) < 4.78 is 5.59.